The van der Waals surface area contributed by atoms with Crippen LogP contribution in [0.25, 0.3) is 22.3 Å². The van der Waals surface area contributed by atoms with Crippen molar-refractivity contribution in [1.29, 1.82) is 0 Å². The number of rotatable bonds is 4. The van der Waals surface area contributed by atoms with Crippen LogP contribution in [0.3, 0.4) is 0 Å². The Balaban J connectivity index is 1.23. The molecule has 6 rings (SSSR count). The van der Waals surface area contributed by atoms with Crippen LogP contribution in [0.5, 0.6) is 0 Å². The monoisotopic (exact) mass is 411 g/mol. The molecular formula is C24H25N7. The van der Waals surface area contributed by atoms with Crippen LogP contribution in [-0.4, -0.2) is 57.1 Å². The number of likely N-dealkylation sites (N-methyl/N-ethyl adjacent to an activating group) is 1. The van der Waals surface area contributed by atoms with Crippen LogP contribution < -0.4 is 10.2 Å². The minimum absolute atomic E-state index is 0.584. The van der Waals surface area contributed by atoms with Gasteiger partial charge in [-0.05, 0) is 62.4 Å². The Kier molecular flexibility index (Phi) is 4.17. The Bertz CT molecular complexity index is 1260. The zero-order valence-corrected chi connectivity index (χ0v) is 17.7. The zero-order valence-electron chi connectivity index (χ0n) is 17.7. The number of nitrogens with zero attached hydrogens (tertiary/aromatic N) is 5. The maximum absolute atomic E-state index is 4.71. The number of fused-ring (bicyclic) bond motifs is 3. The Labute approximate surface area is 181 Å². The maximum atomic E-state index is 4.71. The van der Waals surface area contributed by atoms with Crippen LogP contribution in [0, 0.1) is 6.92 Å². The normalized spacial score (nSPS) is 20.6. The van der Waals surface area contributed by atoms with Crippen molar-refractivity contribution in [3.05, 3.63) is 60.6 Å². The number of aromatic amines is 1. The molecule has 2 N–H and O–H groups in total. The van der Waals surface area contributed by atoms with E-state index in [1.807, 2.05) is 24.5 Å². The van der Waals surface area contributed by atoms with Gasteiger partial charge in [-0.1, -0.05) is 0 Å². The van der Waals surface area contributed by atoms with Gasteiger partial charge in [0.2, 0.25) is 5.95 Å². The number of pyridine rings is 1. The quantitative estimate of drug-likeness (QED) is 0.530. The highest BCUT2D eigenvalue weighted by molar-refractivity contribution is 5.80. The molecule has 2 fully saturated rings. The second-order valence-electron chi connectivity index (χ2n) is 8.67. The first kappa shape index (κ1) is 18.3. The van der Waals surface area contributed by atoms with E-state index in [2.05, 4.69) is 68.3 Å². The van der Waals surface area contributed by atoms with Crippen molar-refractivity contribution in [3.8, 4) is 11.3 Å². The molecule has 0 aliphatic carbocycles. The Morgan fingerprint density at radius 2 is 2.00 bits per heavy atom. The van der Waals surface area contributed by atoms with E-state index >= 15 is 0 Å². The Hall–Kier alpha value is -3.45. The lowest BCUT2D eigenvalue weighted by atomic mass is 10.1. The molecule has 0 spiro atoms. The number of aromatic nitrogens is 4. The molecule has 31 heavy (non-hydrogen) atoms. The molecule has 0 amide bonds. The summed E-state index contributed by atoms with van der Waals surface area (Å²) in [5, 5.41) is 4.44. The lowest BCUT2D eigenvalue weighted by Crippen LogP contribution is -2.44. The van der Waals surface area contributed by atoms with Crippen molar-refractivity contribution in [2.24, 2.45) is 0 Å². The van der Waals surface area contributed by atoms with Crippen molar-refractivity contribution in [2.75, 3.05) is 30.4 Å². The third-order valence-electron chi connectivity index (χ3n) is 6.63. The van der Waals surface area contributed by atoms with E-state index in [1.54, 1.807) is 6.20 Å². The van der Waals surface area contributed by atoms with E-state index in [0.717, 1.165) is 41.1 Å². The summed E-state index contributed by atoms with van der Waals surface area (Å²) in [6, 6.07) is 13.9. The number of likely N-dealkylation sites (tertiary alicyclic amines) is 1. The molecule has 7 heteroatoms. The fraction of sp³-hybridized carbons (Fsp3) is 0.292. The summed E-state index contributed by atoms with van der Waals surface area (Å²) in [4.78, 5) is 21.8. The zero-order chi connectivity index (χ0) is 20.9. The van der Waals surface area contributed by atoms with Gasteiger partial charge in [-0.2, -0.15) is 0 Å². The van der Waals surface area contributed by atoms with Gasteiger partial charge in [0.25, 0.3) is 0 Å². The van der Waals surface area contributed by atoms with Crippen LogP contribution in [0.15, 0.2) is 55.0 Å². The molecule has 2 saturated heterocycles. The molecule has 2 bridgehead atoms. The maximum Gasteiger partial charge on any atom is 0.227 e. The highest BCUT2D eigenvalue weighted by Gasteiger charge is 2.41. The highest BCUT2D eigenvalue weighted by Crippen LogP contribution is 2.36. The summed E-state index contributed by atoms with van der Waals surface area (Å²) in [7, 11) is 2.24. The van der Waals surface area contributed by atoms with Crippen molar-refractivity contribution in [2.45, 2.75) is 25.4 Å². The molecule has 7 nitrogen and oxygen atoms in total. The number of anilines is 3. The number of hydrogen-bond donors (Lipinski definition) is 2. The van der Waals surface area contributed by atoms with Crippen molar-refractivity contribution >= 4 is 28.4 Å². The molecule has 3 aromatic heterocycles. The number of aryl methyl sites for hydroxylation is 1. The molecule has 0 radical (unpaired) electrons. The molecular weight excluding hydrogens is 386 g/mol. The van der Waals surface area contributed by atoms with E-state index in [9.17, 15) is 0 Å². The molecule has 156 valence electrons. The minimum atomic E-state index is 0.584. The van der Waals surface area contributed by atoms with Gasteiger partial charge in [0, 0.05) is 66.1 Å². The molecule has 2 aliphatic heterocycles. The van der Waals surface area contributed by atoms with Gasteiger partial charge in [0.15, 0.2) is 0 Å². The standard InChI is InChI=1S/C24H25N7/c1-15-9-18(3-4-22(15)31-14-19-11-20(31)13-30(19)2)28-24-26-8-6-21(29-24)17-10-16-5-7-25-23(16)27-12-17/h3-10,12,19-20H,11,13-14H2,1-2H3,(H,25,27)(H,26,28,29)/t19-,20-/m0/s1. The van der Waals surface area contributed by atoms with Gasteiger partial charge in [0.1, 0.15) is 5.65 Å². The van der Waals surface area contributed by atoms with Gasteiger partial charge in [-0.15, -0.1) is 0 Å². The molecule has 4 aromatic rings. The Morgan fingerprint density at radius 3 is 2.81 bits per heavy atom. The smallest absolute Gasteiger partial charge is 0.227 e. The fourth-order valence-corrected chi connectivity index (χ4v) is 5.01. The number of H-pyrrole nitrogens is 1. The largest absolute Gasteiger partial charge is 0.365 e. The van der Waals surface area contributed by atoms with Crippen molar-refractivity contribution < 1.29 is 0 Å². The first-order valence-corrected chi connectivity index (χ1v) is 10.8. The Morgan fingerprint density at radius 1 is 1.06 bits per heavy atom. The average Bonchev–Trinajstić information content (AvgIpc) is 3.49. The average molecular weight is 412 g/mol. The van der Waals surface area contributed by atoms with E-state index in [-0.39, 0.29) is 0 Å². The lowest BCUT2D eigenvalue weighted by Gasteiger charge is -2.34. The first-order valence-electron chi connectivity index (χ1n) is 10.8. The second kappa shape index (κ2) is 7.06. The molecule has 0 unspecified atom stereocenters. The van der Waals surface area contributed by atoms with Crippen molar-refractivity contribution in [3.63, 3.8) is 0 Å². The topological polar surface area (TPSA) is 73.0 Å². The summed E-state index contributed by atoms with van der Waals surface area (Å²) >= 11 is 0. The minimum Gasteiger partial charge on any atom is -0.365 e. The van der Waals surface area contributed by atoms with Gasteiger partial charge >= 0.3 is 0 Å². The van der Waals surface area contributed by atoms with Crippen LogP contribution in [-0.2, 0) is 0 Å². The summed E-state index contributed by atoms with van der Waals surface area (Å²) in [5.41, 5.74) is 6.31. The number of benzene rings is 1. The predicted molar refractivity (Wildman–Crippen MR) is 124 cm³/mol. The second-order valence-corrected chi connectivity index (χ2v) is 8.67. The van der Waals surface area contributed by atoms with Crippen LogP contribution in [0.2, 0.25) is 0 Å². The van der Waals surface area contributed by atoms with Crippen LogP contribution in [0.1, 0.15) is 12.0 Å². The third kappa shape index (κ3) is 3.21. The molecule has 0 saturated carbocycles. The van der Waals surface area contributed by atoms with Crippen LogP contribution in [0.4, 0.5) is 17.3 Å². The third-order valence-corrected chi connectivity index (χ3v) is 6.63. The van der Waals surface area contributed by atoms with Gasteiger partial charge in [-0.25, -0.2) is 15.0 Å². The highest BCUT2D eigenvalue weighted by atomic mass is 15.3. The lowest BCUT2D eigenvalue weighted by molar-refractivity contribution is 0.292. The number of piperazine rings is 1. The fourth-order valence-electron chi connectivity index (χ4n) is 5.01. The molecule has 2 atom stereocenters. The molecule has 1 aromatic carbocycles. The number of nitrogens with one attached hydrogen (secondary N) is 2. The molecule has 2 aliphatic rings. The SMILES string of the molecule is Cc1cc(Nc2nccc(-c3cnc4[nH]ccc4c3)n2)ccc1N1C[C@@H]2C[C@H]1CN2C. The summed E-state index contributed by atoms with van der Waals surface area (Å²) in [5.74, 6) is 0.584. The first-order chi connectivity index (χ1) is 15.1. The van der Waals surface area contributed by atoms with E-state index in [4.69, 9.17) is 4.98 Å². The van der Waals surface area contributed by atoms with Crippen molar-refractivity contribution in [1.82, 2.24) is 24.8 Å². The summed E-state index contributed by atoms with van der Waals surface area (Å²) in [6.07, 6.45) is 6.79. The molecule has 5 heterocycles. The summed E-state index contributed by atoms with van der Waals surface area (Å²) in [6.45, 7) is 4.47. The van der Waals surface area contributed by atoms with E-state index in [0.29, 0.717) is 18.0 Å². The predicted octanol–water partition coefficient (Wildman–Crippen LogP) is 3.96. The van der Waals surface area contributed by atoms with E-state index < -0.39 is 0 Å². The van der Waals surface area contributed by atoms with E-state index in [1.165, 1.54) is 17.7 Å². The van der Waals surface area contributed by atoms with Gasteiger partial charge < -0.3 is 15.2 Å². The summed E-state index contributed by atoms with van der Waals surface area (Å²) < 4.78 is 0. The van der Waals surface area contributed by atoms with Gasteiger partial charge in [0.05, 0.1) is 5.69 Å². The van der Waals surface area contributed by atoms with Crippen LogP contribution >= 0.6 is 0 Å². The number of hydrogen-bond acceptors (Lipinski definition) is 6. The van der Waals surface area contributed by atoms with Gasteiger partial charge in [-0.3, -0.25) is 4.90 Å².